The normalized spacial score (nSPS) is 16.9. The molecule has 0 unspecified atom stereocenters. The van der Waals surface area contributed by atoms with Crippen molar-refractivity contribution >= 4 is 15.7 Å². The Morgan fingerprint density at radius 1 is 1.60 bits per heavy atom. The number of aromatic nitrogens is 2. The molecular formula is C9H15N3O2S. The Bertz CT molecular complexity index is 460. The number of hydrogen-bond acceptors (Lipinski definition) is 4. The molecule has 1 aromatic heterocycles. The first-order chi connectivity index (χ1) is 6.96. The highest BCUT2D eigenvalue weighted by Gasteiger charge is 2.26. The van der Waals surface area contributed by atoms with Crippen LogP contribution in [0.1, 0.15) is 24.5 Å². The minimum atomic E-state index is -2.95. The second-order valence-corrected chi connectivity index (χ2v) is 6.38. The molecule has 0 radical (unpaired) electrons. The van der Waals surface area contributed by atoms with Gasteiger partial charge in [-0.25, -0.2) is 13.1 Å². The van der Waals surface area contributed by atoms with Gasteiger partial charge in [0.25, 0.3) is 0 Å². The van der Waals surface area contributed by atoms with Gasteiger partial charge in [-0.2, -0.15) is 5.10 Å². The van der Waals surface area contributed by atoms with Crippen LogP contribution in [-0.4, -0.2) is 30.2 Å². The molecule has 2 N–H and O–H groups in total. The molecule has 0 amide bonds. The standard InChI is InChI=1S/C9H15N3O2S/c1-15(13,14)5-4-12-9(10)6-8(11-12)7-2-3-7/h6-7H,2-5,10H2,1H3. The van der Waals surface area contributed by atoms with Gasteiger partial charge in [-0.1, -0.05) is 0 Å². The maximum absolute atomic E-state index is 11.0. The molecule has 0 bridgehead atoms. The van der Waals surface area contributed by atoms with Crippen molar-refractivity contribution in [1.82, 2.24) is 9.78 Å². The smallest absolute Gasteiger partial charge is 0.149 e. The predicted molar refractivity (Wildman–Crippen MR) is 58.3 cm³/mol. The van der Waals surface area contributed by atoms with E-state index in [1.165, 1.54) is 19.1 Å². The zero-order valence-corrected chi connectivity index (χ0v) is 9.50. The molecule has 5 nitrogen and oxygen atoms in total. The van der Waals surface area contributed by atoms with Crippen LogP contribution in [0.25, 0.3) is 0 Å². The maximum Gasteiger partial charge on any atom is 0.149 e. The van der Waals surface area contributed by atoms with Crippen molar-refractivity contribution in [2.45, 2.75) is 25.3 Å². The Morgan fingerprint density at radius 3 is 2.80 bits per heavy atom. The number of aryl methyl sites for hydroxylation is 1. The van der Waals surface area contributed by atoms with Crippen LogP contribution in [0.2, 0.25) is 0 Å². The van der Waals surface area contributed by atoms with Crippen LogP contribution in [0.15, 0.2) is 6.07 Å². The summed E-state index contributed by atoms with van der Waals surface area (Å²) in [6.07, 6.45) is 3.56. The van der Waals surface area contributed by atoms with Gasteiger partial charge in [0.2, 0.25) is 0 Å². The monoisotopic (exact) mass is 229 g/mol. The zero-order valence-electron chi connectivity index (χ0n) is 8.68. The minimum absolute atomic E-state index is 0.0863. The van der Waals surface area contributed by atoms with Crippen LogP contribution in [0.3, 0.4) is 0 Å². The van der Waals surface area contributed by atoms with E-state index in [1.54, 1.807) is 4.68 Å². The summed E-state index contributed by atoms with van der Waals surface area (Å²) in [5, 5.41) is 4.30. The van der Waals surface area contributed by atoms with Crippen LogP contribution in [-0.2, 0) is 16.4 Å². The summed E-state index contributed by atoms with van der Waals surface area (Å²) < 4.78 is 23.6. The maximum atomic E-state index is 11.0. The lowest BCUT2D eigenvalue weighted by Crippen LogP contribution is -2.14. The lowest BCUT2D eigenvalue weighted by molar-refractivity contribution is 0.586. The van der Waals surface area contributed by atoms with Gasteiger partial charge in [-0.05, 0) is 12.8 Å². The van der Waals surface area contributed by atoms with E-state index >= 15 is 0 Å². The first kappa shape index (κ1) is 10.5. The van der Waals surface area contributed by atoms with Crippen molar-refractivity contribution in [1.29, 1.82) is 0 Å². The fourth-order valence-corrected chi connectivity index (χ4v) is 1.97. The highest BCUT2D eigenvalue weighted by molar-refractivity contribution is 7.90. The molecule has 0 atom stereocenters. The summed E-state index contributed by atoms with van der Waals surface area (Å²) in [5.74, 6) is 1.19. The van der Waals surface area contributed by atoms with Gasteiger partial charge >= 0.3 is 0 Å². The number of nitrogens with zero attached hydrogens (tertiary/aromatic N) is 2. The molecule has 2 rings (SSSR count). The molecule has 84 valence electrons. The molecule has 1 saturated carbocycles. The average Bonchev–Trinajstić information content (AvgIpc) is 2.87. The van der Waals surface area contributed by atoms with Crippen molar-refractivity contribution in [3.8, 4) is 0 Å². The van der Waals surface area contributed by atoms with E-state index in [1.807, 2.05) is 6.07 Å². The summed E-state index contributed by atoms with van der Waals surface area (Å²) >= 11 is 0. The number of nitrogen functional groups attached to an aromatic ring is 1. The van der Waals surface area contributed by atoms with Gasteiger partial charge in [-0.3, -0.25) is 0 Å². The molecule has 1 aliphatic carbocycles. The molecule has 0 spiro atoms. The second-order valence-electron chi connectivity index (χ2n) is 4.12. The lowest BCUT2D eigenvalue weighted by atomic mass is 10.3. The largest absolute Gasteiger partial charge is 0.384 e. The van der Waals surface area contributed by atoms with E-state index in [9.17, 15) is 8.42 Å². The first-order valence-corrected chi connectivity index (χ1v) is 7.03. The Morgan fingerprint density at radius 2 is 2.27 bits per heavy atom. The molecule has 1 heterocycles. The molecular weight excluding hydrogens is 214 g/mol. The summed E-state index contributed by atoms with van der Waals surface area (Å²) in [7, 11) is -2.95. The number of hydrogen-bond donors (Lipinski definition) is 1. The molecule has 0 aliphatic heterocycles. The Hall–Kier alpha value is -1.04. The third-order valence-electron chi connectivity index (χ3n) is 2.50. The number of sulfone groups is 1. The van der Waals surface area contributed by atoms with Crippen LogP contribution in [0.4, 0.5) is 5.82 Å². The number of anilines is 1. The van der Waals surface area contributed by atoms with Crippen LogP contribution < -0.4 is 5.73 Å². The average molecular weight is 229 g/mol. The second kappa shape index (κ2) is 3.52. The van der Waals surface area contributed by atoms with Gasteiger partial charge in [-0.15, -0.1) is 0 Å². The highest BCUT2D eigenvalue weighted by atomic mass is 32.2. The summed E-state index contributed by atoms with van der Waals surface area (Å²) in [6.45, 7) is 0.345. The Kier molecular flexibility index (Phi) is 2.46. The van der Waals surface area contributed by atoms with Gasteiger partial charge < -0.3 is 5.73 Å². The van der Waals surface area contributed by atoms with E-state index in [4.69, 9.17) is 5.73 Å². The fraction of sp³-hybridized carbons (Fsp3) is 0.667. The third kappa shape index (κ3) is 2.71. The number of rotatable bonds is 4. The fourth-order valence-electron chi connectivity index (χ4n) is 1.46. The molecule has 1 aromatic rings. The van der Waals surface area contributed by atoms with Gasteiger partial charge in [0.15, 0.2) is 0 Å². The number of nitrogens with two attached hydrogens (primary N) is 1. The first-order valence-electron chi connectivity index (χ1n) is 4.96. The topological polar surface area (TPSA) is 78.0 Å². The summed E-state index contributed by atoms with van der Waals surface area (Å²) in [4.78, 5) is 0. The van der Waals surface area contributed by atoms with Gasteiger partial charge in [0, 0.05) is 18.2 Å². The predicted octanol–water partition coefficient (Wildman–Crippen LogP) is 0.387. The molecule has 0 aromatic carbocycles. The van der Waals surface area contributed by atoms with E-state index < -0.39 is 9.84 Å². The lowest BCUT2D eigenvalue weighted by Gasteiger charge is -2.01. The van der Waals surface area contributed by atoms with Crippen molar-refractivity contribution in [2.75, 3.05) is 17.7 Å². The van der Waals surface area contributed by atoms with Crippen LogP contribution in [0.5, 0.6) is 0 Å². The minimum Gasteiger partial charge on any atom is -0.384 e. The van der Waals surface area contributed by atoms with E-state index in [-0.39, 0.29) is 5.75 Å². The van der Waals surface area contributed by atoms with E-state index in [0.29, 0.717) is 18.3 Å². The van der Waals surface area contributed by atoms with Crippen molar-refractivity contribution in [3.05, 3.63) is 11.8 Å². The van der Waals surface area contributed by atoms with E-state index in [0.717, 1.165) is 5.69 Å². The summed E-state index contributed by atoms with van der Waals surface area (Å²) in [5.41, 5.74) is 6.74. The molecule has 15 heavy (non-hydrogen) atoms. The Labute approximate surface area is 89.2 Å². The quantitative estimate of drug-likeness (QED) is 0.810. The summed E-state index contributed by atoms with van der Waals surface area (Å²) in [6, 6.07) is 1.85. The van der Waals surface area contributed by atoms with Crippen LogP contribution in [0, 0.1) is 0 Å². The zero-order chi connectivity index (χ0) is 11.1. The molecule has 0 saturated heterocycles. The SMILES string of the molecule is CS(=O)(=O)CCn1nc(C2CC2)cc1N. The van der Waals surface area contributed by atoms with Crippen molar-refractivity contribution in [3.63, 3.8) is 0 Å². The van der Waals surface area contributed by atoms with E-state index in [2.05, 4.69) is 5.10 Å². The Balaban J connectivity index is 2.07. The van der Waals surface area contributed by atoms with Gasteiger partial charge in [0.05, 0.1) is 18.0 Å². The highest BCUT2D eigenvalue weighted by Crippen LogP contribution is 2.39. The molecule has 1 fully saturated rings. The van der Waals surface area contributed by atoms with Crippen molar-refractivity contribution < 1.29 is 8.42 Å². The van der Waals surface area contributed by atoms with Crippen molar-refractivity contribution in [2.24, 2.45) is 0 Å². The van der Waals surface area contributed by atoms with Crippen LogP contribution >= 0.6 is 0 Å². The molecule has 6 heteroatoms. The molecule has 1 aliphatic rings. The van der Waals surface area contributed by atoms with Gasteiger partial charge in [0.1, 0.15) is 15.7 Å². The third-order valence-corrected chi connectivity index (χ3v) is 3.42.